The summed E-state index contributed by atoms with van der Waals surface area (Å²) in [7, 11) is 1.72. The molecule has 1 atom stereocenters. The van der Waals surface area contributed by atoms with Crippen LogP contribution in [0.5, 0.6) is 0 Å². The van der Waals surface area contributed by atoms with Crippen molar-refractivity contribution in [3.8, 4) is 0 Å². The van der Waals surface area contributed by atoms with Gasteiger partial charge in [-0.3, -0.25) is 9.59 Å². The minimum absolute atomic E-state index is 0.251. The van der Waals surface area contributed by atoms with E-state index in [9.17, 15) is 9.59 Å². The molecular weight excluding hydrogens is 280 g/mol. The molecule has 17 heavy (non-hydrogen) atoms. The molecule has 0 bridgehead atoms. The molecule has 0 fully saturated rings. The first kappa shape index (κ1) is 14.3. The average molecular weight is 292 g/mol. The summed E-state index contributed by atoms with van der Waals surface area (Å²) in [6.45, 7) is 3.31. The van der Waals surface area contributed by atoms with Gasteiger partial charge in [-0.1, -0.05) is 23.1 Å². The van der Waals surface area contributed by atoms with Crippen molar-refractivity contribution in [2.75, 3.05) is 6.61 Å². The number of Topliss-reactive ketones (excluding diaryl/α,β-unsaturated/α-hetero) is 1. The van der Waals surface area contributed by atoms with E-state index in [1.165, 1.54) is 22.9 Å². The predicted molar refractivity (Wildman–Crippen MR) is 68.9 cm³/mol. The lowest BCUT2D eigenvalue weighted by molar-refractivity contribution is -0.144. The normalized spacial score (nSPS) is 12.2. The summed E-state index contributed by atoms with van der Waals surface area (Å²) in [4.78, 5) is 22.9. The molecule has 1 aromatic heterocycles. The standard InChI is InChI=1S/C9H12N2O3S3/c1-4-14-7(13)6(5(2)12)16-8-10-11(3)9(15)17-8/h6H,4H2,1-3H3. The van der Waals surface area contributed by atoms with Crippen molar-refractivity contribution < 1.29 is 14.3 Å². The van der Waals surface area contributed by atoms with E-state index in [1.807, 2.05) is 0 Å². The Morgan fingerprint density at radius 2 is 2.29 bits per heavy atom. The minimum Gasteiger partial charge on any atom is -0.465 e. The first-order valence-corrected chi connectivity index (χ1v) is 6.94. The van der Waals surface area contributed by atoms with Crippen LogP contribution in [-0.4, -0.2) is 33.4 Å². The number of thioether (sulfide) groups is 1. The molecule has 5 nitrogen and oxygen atoms in total. The fourth-order valence-electron chi connectivity index (χ4n) is 0.988. The Bertz CT molecular complexity index is 480. The van der Waals surface area contributed by atoms with Gasteiger partial charge in [0.15, 0.2) is 19.3 Å². The summed E-state index contributed by atoms with van der Waals surface area (Å²) in [5.74, 6) is -0.786. The third-order valence-corrected chi connectivity index (χ3v) is 4.55. The molecule has 1 rings (SSSR count). The van der Waals surface area contributed by atoms with Gasteiger partial charge in [-0.05, 0) is 26.1 Å². The molecule has 0 aliphatic rings. The molecule has 1 heterocycles. The maximum atomic E-state index is 11.6. The second kappa shape index (κ2) is 6.27. The number of aromatic nitrogens is 2. The summed E-state index contributed by atoms with van der Waals surface area (Å²) >= 11 is 7.35. The first-order valence-electron chi connectivity index (χ1n) is 4.83. The number of aryl methyl sites for hydroxylation is 1. The third kappa shape index (κ3) is 3.90. The monoisotopic (exact) mass is 292 g/mol. The fraction of sp³-hybridized carbons (Fsp3) is 0.556. The van der Waals surface area contributed by atoms with Crippen LogP contribution in [0, 0.1) is 3.95 Å². The van der Waals surface area contributed by atoms with Gasteiger partial charge in [0.2, 0.25) is 0 Å². The zero-order valence-electron chi connectivity index (χ0n) is 9.63. The Balaban J connectivity index is 2.83. The van der Waals surface area contributed by atoms with E-state index in [2.05, 4.69) is 5.10 Å². The van der Waals surface area contributed by atoms with Gasteiger partial charge in [0, 0.05) is 7.05 Å². The molecule has 0 aromatic carbocycles. The van der Waals surface area contributed by atoms with E-state index >= 15 is 0 Å². The number of hydrogen-bond donors (Lipinski definition) is 0. The lowest BCUT2D eigenvalue weighted by atomic mass is 10.3. The molecule has 1 aromatic rings. The van der Waals surface area contributed by atoms with Gasteiger partial charge in [-0.15, -0.1) is 0 Å². The number of carbonyl (C=O) groups excluding carboxylic acids is 2. The van der Waals surface area contributed by atoms with E-state index in [0.29, 0.717) is 8.29 Å². The Morgan fingerprint density at radius 1 is 1.65 bits per heavy atom. The average Bonchev–Trinajstić information content (AvgIpc) is 2.54. The lowest BCUT2D eigenvalue weighted by Gasteiger charge is -2.09. The molecule has 0 saturated heterocycles. The molecule has 0 saturated carbocycles. The van der Waals surface area contributed by atoms with Crippen molar-refractivity contribution in [1.82, 2.24) is 9.78 Å². The summed E-state index contributed by atoms with van der Waals surface area (Å²) in [5.41, 5.74) is 0. The van der Waals surface area contributed by atoms with Crippen molar-refractivity contribution >= 4 is 47.1 Å². The van der Waals surface area contributed by atoms with Crippen LogP contribution in [0.1, 0.15) is 13.8 Å². The zero-order valence-corrected chi connectivity index (χ0v) is 12.1. The quantitative estimate of drug-likeness (QED) is 0.357. The number of hydrogen-bond acceptors (Lipinski definition) is 7. The molecule has 1 unspecified atom stereocenters. The third-order valence-electron chi connectivity index (χ3n) is 1.76. The largest absolute Gasteiger partial charge is 0.465 e. The maximum Gasteiger partial charge on any atom is 0.327 e. The van der Waals surface area contributed by atoms with Crippen LogP contribution in [0.4, 0.5) is 0 Å². The SMILES string of the molecule is CCOC(=O)C(Sc1nn(C)c(=S)s1)C(C)=O. The van der Waals surface area contributed by atoms with Crippen LogP contribution >= 0.6 is 35.3 Å². The van der Waals surface area contributed by atoms with E-state index in [-0.39, 0.29) is 12.4 Å². The van der Waals surface area contributed by atoms with Gasteiger partial charge in [0.05, 0.1) is 6.61 Å². The van der Waals surface area contributed by atoms with Crippen molar-refractivity contribution in [1.29, 1.82) is 0 Å². The number of ether oxygens (including phenoxy) is 1. The first-order chi connectivity index (χ1) is 7.95. The minimum atomic E-state index is -0.865. The molecule has 94 valence electrons. The van der Waals surface area contributed by atoms with Gasteiger partial charge in [-0.25, -0.2) is 4.68 Å². The van der Waals surface area contributed by atoms with Crippen molar-refractivity contribution in [3.05, 3.63) is 3.95 Å². The van der Waals surface area contributed by atoms with Crippen LogP contribution in [-0.2, 0) is 21.4 Å². The highest BCUT2D eigenvalue weighted by Crippen LogP contribution is 2.27. The summed E-state index contributed by atoms with van der Waals surface area (Å²) in [6.07, 6.45) is 0. The van der Waals surface area contributed by atoms with Crippen molar-refractivity contribution in [3.63, 3.8) is 0 Å². The molecule has 0 spiro atoms. The van der Waals surface area contributed by atoms with Crippen LogP contribution in [0.2, 0.25) is 0 Å². The van der Waals surface area contributed by atoms with E-state index in [4.69, 9.17) is 17.0 Å². The van der Waals surface area contributed by atoms with Crippen molar-refractivity contribution in [2.45, 2.75) is 23.4 Å². The Labute approximate surface area is 112 Å². The van der Waals surface area contributed by atoms with Crippen LogP contribution in [0.25, 0.3) is 0 Å². The van der Waals surface area contributed by atoms with E-state index < -0.39 is 11.2 Å². The second-order valence-electron chi connectivity index (χ2n) is 3.12. The summed E-state index contributed by atoms with van der Waals surface area (Å²) < 4.78 is 7.56. The highest BCUT2D eigenvalue weighted by Gasteiger charge is 2.27. The van der Waals surface area contributed by atoms with Gasteiger partial charge in [0.1, 0.15) is 0 Å². The number of carbonyl (C=O) groups is 2. The highest BCUT2D eigenvalue weighted by atomic mass is 32.2. The van der Waals surface area contributed by atoms with Gasteiger partial charge in [0.25, 0.3) is 0 Å². The predicted octanol–water partition coefficient (Wildman–Crippen LogP) is 1.82. The Kier molecular flexibility index (Phi) is 5.29. The van der Waals surface area contributed by atoms with Crippen LogP contribution in [0.3, 0.4) is 0 Å². The van der Waals surface area contributed by atoms with Gasteiger partial charge < -0.3 is 4.74 Å². The maximum absolute atomic E-state index is 11.6. The van der Waals surface area contributed by atoms with E-state index in [1.54, 1.807) is 14.0 Å². The smallest absolute Gasteiger partial charge is 0.327 e. The molecule has 0 aliphatic carbocycles. The molecular formula is C9H12N2O3S3. The van der Waals surface area contributed by atoms with Crippen molar-refractivity contribution in [2.24, 2.45) is 7.05 Å². The second-order valence-corrected chi connectivity index (χ2v) is 6.09. The molecule has 0 radical (unpaired) electrons. The van der Waals surface area contributed by atoms with E-state index in [0.717, 1.165) is 11.8 Å². The molecule has 0 aliphatic heterocycles. The lowest BCUT2D eigenvalue weighted by Crippen LogP contribution is -2.27. The van der Waals surface area contributed by atoms with Crippen LogP contribution < -0.4 is 0 Å². The summed E-state index contributed by atoms with van der Waals surface area (Å²) in [6, 6.07) is 0. The number of rotatable bonds is 5. The topological polar surface area (TPSA) is 61.2 Å². The van der Waals surface area contributed by atoms with Crippen LogP contribution in [0.15, 0.2) is 4.34 Å². The molecule has 8 heteroatoms. The van der Waals surface area contributed by atoms with Gasteiger partial charge >= 0.3 is 5.97 Å². The summed E-state index contributed by atoms with van der Waals surface area (Å²) in [5, 5.41) is 3.24. The molecule has 0 N–H and O–H groups in total. The number of esters is 1. The Morgan fingerprint density at radius 3 is 2.71 bits per heavy atom. The highest BCUT2D eigenvalue weighted by molar-refractivity contribution is 8.03. The van der Waals surface area contributed by atoms with Gasteiger partial charge in [-0.2, -0.15) is 5.10 Å². The Hall–Kier alpha value is -0.730. The zero-order chi connectivity index (χ0) is 13.0. The number of nitrogens with zero attached hydrogens (tertiary/aromatic N) is 2. The number of ketones is 1. The molecule has 0 amide bonds. The fourth-order valence-corrected chi connectivity index (χ4v) is 3.33.